The number of hydrogen-bond acceptors (Lipinski definition) is 4. The number of carbonyl (C=O) groups is 2. The Kier molecular flexibility index (Phi) is 4.77. The van der Waals surface area contributed by atoms with Crippen LogP contribution in [0.1, 0.15) is 6.42 Å². The second-order valence-corrected chi connectivity index (χ2v) is 5.42. The molecule has 2 unspecified atom stereocenters. The van der Waals surface area contributed by atoms with E-state index in [0.717, 1.165) is 11.1 Å². The predicted molar refractivity (Wildman–Crippen MR) is 88.4 cm³/mol. The highest BCUT2D eigenvalue weighted by atomic mass is 16.7. The van der Waals surface area contributed by atoms with Crippen molar-refractivity contribution >= 4 is 11.9 Å². The number of imide groups is 1. The van der Waals surface area contributed by atoms with Gasteiger partial charge >= 0.3 is 6.03 Å². The highest BCUT2D eigenvalue weighted by Crippen LogP contribution is 2.23. The maximum atomic E-state index is 11.6. The first-order valence-corrected chi connectivity index (χ1v) is 7.62. The van der Waals surface area contributed by atoms with E-state index in [2.05, 4.69) is 10.6 Å². The number of urea groups is 1. The van der Waals surface area contributed by atoms with Crippen LogP contribution in [0.15, 0.2) is 54.6 Å². The number of benzene rings is 2. The molecule has 3 amide bonds. The SMILES string of the molecule is COC(CC1NC(=O)NC1=O)Oc1ccc(-c2ccccc2)cc1. The van der Waals surface area contributed by atoms with E-state index in [-0.39, 0.29) is 12.3 Å². The fourth-order valence-corrected chi connectivity index (χ4v) is 2.52. The van der Waals surface area contributed by atoms with Gasteiger partial charge in [0.05, 0.1) is 0 Å². The van der Waals surface area contributed by atoms with E-state index in [1.807, 2.05) is 54.6 Å². The minimum atomic E-state index is -0.647. The number of amides is 3. The molecule has 0 aliphatic carbocycles. The molecule has 2 aromatic carbocycles. The Bertz CT molecular complexity index is 716. The number of hydrogen-bond donors (Lipinski definition) is 2. The summed E-state index contributed by atoms with van der Waals surface area (Å²) in [5, 5.41) is 4.71. The third-order valence-electron chi connectivity index (χ3n) is 3.78. The van der Waals surface area contributed by atoms with Gasteiger partial charge < -0.3 is 14.8 Å². The van der Waals surface area contributed by atoms with Crippen molar-refractivity contribution in [3.8, 4) is 16.9 Å². The van der Waals surface area contributed by atoms with Gasteiger partial charge in [-0.2, -0.15) is 0 Å². The van der Waals surface area contributed by atoms with Gasteiger partial charge in [0.2, 0.25) is 6.29 Å². The van der Waals surface area contributed by atoms with Crippen molar-refractivity contribution in [1.82, 2.24) is 10.6 Å². The lowest BCUT2D eigenvalue weighted by atomic mass is 10.1. The first-order chi connectivity index (χ1) is 11.7. The van der Waals surface area contributed by atoms with Gasteiger partial charge in [0.1, 0.15) is 11.8 Å². The molecule has 2 aromatic rings. The molecule has 0 bridgehead atoms. The van der Waals surface area contributed by atoms with Crippen molar-refractivity contribution in [2.45, 2.75) is 18.8 Å². The van der Waals surface area contributed by atoms with Crippen LogP contribution >= 0.6 is 0 Å². The molecule has 24 heavy (non-hydrogen) atoms. The van der Waals surface area contributed by atoms with Crippen LogP contribution in [0.4, 0.5) is 4.79 Å². The molecule has 1 heterocycles. The highest BCUT2D eigenvalue weighted by molar-refractivity contribution is 6.04. The Labute approximate surface area is 139 Å². The van der Waals surface area contributed by atoms with Crippen LogP contribution in [0.25, 0.3) is 11.1 Å². The molecule has 6 nitrogen and oxygen atoms in total. The minimum Gasteiger partial charge on any atom is -0.465 e. The second kappa shape index (κ2) is 7.14. The average Bonchev–Trinajstić information content (AvgIpc) is 2.93. The van der Waals surface area contributed by atoms with Crippen molar-refractivity contribution in [3.05, 3.63) is 54.6 Å². The molecule has 0 spiro atoms. The van der Waals surface area contributed by atoms with E-state index in [1.54, 1.807) is 0 Å². The van der Waals surface area contributed by atoms with E-state index < -0.39 is 18.4 Å². The van der Waals surface area contributed by atoms with E-state index in [9.17, 15) is 9.59 Å². The van der Waals surface area contributed by atoms with E-state index in [4.69, 9.17) is 9.47 Å². The highest BCUT2D eigenvalue weighted by Gasteiger charge is 2.32. The zero-order chi connectivity index (χ0) is 16.9. The number of methoxy groups -OCH3 is 1. The predicted octanol–water partition coefficient (Wildman–Crippen LogP) is 2.30. The first-order valence-electron chi connectivity index (χ1n) is 7.62. The zero-order valence-corrected chi connectivity index (χ0v) is 13.2. The molecule has 1 fully saturated rings. The number of carbonyl (C=O) groups excluding carboxylic acids is 2. The molecule has 124 valence electrons. The second-order valence-electron chi connectivity index (χ2n) is 5.42. The smallest absolute Gasteiger partial charge is 0.322 e. The van der Waals surface area contributed by atoms with Crippen LogP contribution in [0.3, 0.4) is 0 Å². The molecule has 2 N–H and O–H groups in total. The van der Waals surface area contributed by atoms with Crippen molar-refractivity contribution in [1.29, 1.82) is 0 Å². The Morgan fingerprint density at radius 1 is 1.00 bits per heavy atom. The van der Waals surface area contributed by atoms with E-state index >= 15 is 0 Å². The van der Waals surface area contributed by atoms with Crippen molar-refractivity contribution in [2.24, 2.45) is 0 Å². The summed E-state index contributed by atoms with van der Waals surface area (Å²) < 4.78 is 11.0. The molecule has 6 heteroatoms. The molecular weight excluding hydrogens is 308 g/mol. The lowest BCUT2D eigenvalue weighted by molar-refractivity contribution is -0.123. The molecule has 0 aromatic heterocycles. The van der Waals surface area contributed by atoms with Gasteiger partial charge in [0, 0.05) is 13.5 Å². The van der Waals surface area contributed by atoms with Gasteiger partial charge in [-0.05, 0) is 23.3 Å². The Balaban J connectivity index is 1.64. The maximum absolute atomic E-state index is 11.6. The van der Waals surface area contributed by atoms with Crippen molar-refractivity contribution < 1.29 is 19.1 Å². The fourth-order valence-electron chi connectivity index (χ4n) is 2.52. The number of rotatable bonds is 6. The molecule has 1 aliphatic rings. The summed E-state index contributed by atoms with van der Waals surface area (Å²) in [5.41, 5.74) is 2.21. The van der Waals surface area contributed by atoms with Crippen LogP contribution in [0, 0.1) is 0 Å². The monoisotopic (exact) mass is 326 g/mol. The van der Waals surface area contributed by atoms with Gasteiger partial charge in [-0.25, -0.2) is 4.79 Å². The van der Waals surface area contributed by atoms with E-state index in [1.165, 1.54) is 7.11 Å². The third-order valence-corrected chi connectivity index (χ3v) is 3.78. The topological polar surface area (TPSA) is 76.7 Å². The van der Waals surface area contributed by atoms with Crippen LogP contribution in [0.5, 0.6) is 5.75 Å². The van der Waals surface area contributed by atoms with Gasteiger partial charge in [-0.1, -0.05) is 42.5 Å². The summed E-state index contributed by atoms with van der Waals surface area (Å²) in [6.07, 6.45) is -0.407. The van der Waals surface area contributed by atoms with Crippen molar-refractivity contribution in [2.75, 3.05) is 7.11 Å². The summed E-state index contributed by atoms with van der Waals surface area (Å²) in [6.45, 7) is 0. The Morgan fingerprint density at radius 3 is 2.25 bits per heavy atom. The van der Waals surface area contributed by atoms with Gasteiger partial charge in [0.25, 0.3) is 5.91 Å². The molecule has 1 saturated heterocycles. The fraction of sp³-hybridized carbons (Fsp3) is 0.222. The summed E-state index contributed by atoms with van der Waals surface area (Å²) >= 11 is 0. The summed E-state index contributed by atoms with van der Waals surface area (Å²) in [6, 6.07) is 16.5. The maximum Gasteiger partial charge on any atom is 0.322 e. The largest absolute Gasteiger partial charge is 0.465 e. The summed E-state index contributed by atoms with van der Waals surface area (Å²) in [4.78, 5) is 22.7. The zero-order valence-electron chi connectivity index (χ0n) is 13.2. The van der Waals surface area contributed by atoms with Gasteiger partial charge in [-0.3, -0.25) is 10.1 Å². The summed E-state index contributed by atoms with van der Waals surface area (Å²) in [7, 11) is 1.50. The number of nitrogens with one attached hydrogen (secondary N) is 2. The molecular formula is C18H18N2O4. The average molecular weight is 326 g/mol. The van der Waals surface area contributed by atoms with Gasteiger partial charge in [-0.15, -0.1) is 0 Å². The van der Waals surface area contributed by atoms with Crippen LogP contribution in [-0.4, -0.2) is 31.4 Å². The quantitative estimate of drug-likeness (QED) is 0.631. The van der Waals surface area contributed by atoms with Crippen LogP contribution in [0.2, 0.25) is 0 Å². The van der Waals surface area contributed by atoms with Crippen LogP contribution in [-0.2, 0) is 9.53 Å². The van der Waals surface area contributed by atoms with Gasteiger partial charge in [0.15, 0.2) is 0 Å². The summed E-state index contributed by atoms with van der Waals surface area (Å²) in [5.74, 6) is 0.260. The standard InChI is InChI=1S/C18H18N2O4/c1-23-16(11-15-17(21)20-18(22)19-15)24-14-9-7-13(8-10-14)12-5-3-2-4-6-12/h2-10,15-16H,11H2,1H3,(H2,19,20,21,22). The van der Waals surface area contributed by atoms with E-state index in [0.29, 0.717) is 5.75 Å². The lowest BCUT2D eigenvalue weighted by Gasteiger charge is -2.19. The molecule has 0 radical (unpaired) electrons. The van der Waals surface area contributed by atoms with Crippen LogP contribution < -0.4 is 15.4 Å². The number of ether oxygens (including phenoxy) is 2. The molecule has 0 saturated carbocycles. The Hall–Kier alpha value is -2.86. The molecule has 2 atom stereocenters. The third kappa shape index (κ3) is 3.72. The lowest BCUT2D eigenvalue weighted by Crippen LogP contribution is -2.35. The molecule has 1 aliphatic heterocycles. The van der Waals surface area contributed by atoms with Crippen molar-refractivity contribution in [3.63, 3.8) is 0 Å². The Morgan fingerprint density at radius 2 is 1.67 bits per heavy atom. The molecule has 3 rings (SSSR count). The normalized spacial score (nSPS) is 18.0. The minimum absolute atomic E-state index is 0.231. The first kappa shape index (κ1) is 16.0.